The molecule has 6 fully saturated rings. The van der Waals surface area contributed by atoms with Crippen LogP contribution in [0.2, 0.25) is 0 Å². The molecule has 2 N–H and O–H groups in total. The first-order chi connectivity index (χ1) is 20.4. The predicted molar refractivity (Wildman–Crippen MR) is 168 cm³/mol. The highest BCUT2D eigenvalue weighted by atomic mass is 16.5. The van der Waals surface area contributed by atoms with Crippen LogP contribution in [0, 0.1) is 52.3 Å². The zero-order valence-corrected chi connectivity index (χ0v) is 27.9. The number of nitrogens with one attached hydrogen (secondary N) is 2. The Hall–Kier alpha value is -1.31. The van der Waals surface area contributed by atoms with E-state index in [0.717, 1.165) is 64.5 Å². The lowest BCUT2D eigenvalue weighted by atomic mass is 9.44. The van der Waals surface area contributed by atoms with E-state index in [2.05, 4.69) is 43.2 Å². The first-order valence-electron chi connectivity index (χ1n) is 17.8. The van der Waals surface area contributed by atoms with Crippen molar-refractivity contribution in [1.82, 2.24) is 15.5 Å². The second-order valence-corrected chi connectivity index (χ2v) is 16.7. The molecular weight excluding hydrogens is 538 g/mol. The zero-order valence-electron chi connectivity index (χ0n) is 27.9. The summed E-state index contributed by atoms with van der Waals surface area (Å²) in [6.07, 6.45) is 11.9. The van der Waals surface area contributed by atoms with E-state index >= 15 is 0 Å². The number of hydrogen-bond acceptors (Lipinski definition) is 6. The fourth-order valence-corrected chi connectivity index (χ4v) is 11.6. The molecule has 4 aliphatic carbocycles. The Morgan fingerprint density at radius 2 is 1.81 bits per heavy atom. The van der Waals surface area contributed by atoms with Crippen molar-refractivity contribution in [2.75, 3.05) is 27.2 Å². The van der Waals surface area contributed by atoms with Gasteiger partial charge in [0, 0.05) is 42.7 Å². The number of fused-ring (bicyclic) bond motifs is 7. The summed E-state index contributed by atoms with van der Waals surface area (Å²) in [7, 11) is 4.08. The monoisotopic (exact) mass is 597 g/mol. The lowest BCUT2D eigenvalue weighted by molar-refractivity contribution is -0.160. The molecule has 242 valence electrons. The highest BCUT2D eigenvalue weighted by molar-refractivity contribution is 5.98. The third-order valence-electron chi connectivity index (χ3n) is 14.0. The SMILES string of the molecule is C[C@@H]1CC[C@@]2(NC1)O[C@H]1C[C@H]3[C@@H]4CC[C@H]5C[C@H](NC(=O)CC(=O)CCCCN(C)C)CC[C@]5(C)[C@H]4CC(=O)[C@]3(C)[C@H]1[C@@H]2C. The number of hydrogen-bond donors (Lipinski definition) is 2. The number of ketones is 2. The van der Waals surface area contributed by atoms with Gasteiger partial charge in [-0.05, 0) is 120 Å². The molecule has 2 heterocycles. The summed E-state index contributed by atoms with van der Waals surface area (Å²) in [6, 6.07) is 0.148. The van der Waals surface area contributed by atoms with E-state index in [1.165, 1.54) is 19.3 Å². The van der Waals surface area contributed by atoms with Crippen molar-refractivity contribution in [3.63, 3.8) is 0 Å². The van der Waals surface area contributed by atoms with Gasteiger partial charge in [0.2, 0.25) is 5.91 Å². The van der Waals surface area contributed by atoms with Crippen molar-refractivity contribution < 1.29 is 19.1 Å². The summed E-state index contributed by atoms with van der Waals surface area (Å²) in [5.74, 6) is 3.81. The molecule has 4 saturated carbocycles. The fourth-order valence-electron chi connectivity index (χ4n) is 11.6. The largest absolute Gasteiger partial charge is 0.357 e. The topological polar surface area (TPSA) is 87.7 Å². The normalized spacial score (nSPS) is 47.1. The minimum absolute atomic E-state index is 0.0124. The first kappa shape index (κ1) is 31.7. The molecule has 43 heavy (non-hydrogen) atoms. The van der Waals surface area contributed by atoms with Crippen LogP contribution in [-0.2, 0) is 19.1 Å². The minimum atomic E-state index is -0.271. The van der Waals surface area contributed by atoms with Crippen LogP contribution in [-0.4, -0.2) is 67.4 Å². The number of carbonyl (C=O) groups excluding carboxylic acids is 3. The van der Waals surface area contributed by atoms with Gasteiger partial charge in [0.25, 0.3) is 0 Å². The van der Waals surface area contributed by atoms with Gasteiger partial charge < -0.3 is 15.0 Å². The van der Waals surface area contributed by atoms with Crippen molar-refractivity contribution in [1.29, 1.82) is 0 Å². The second kappa shape index (κ2) is 11.8. The van der Waals surface area contributed by atoms with Crippen molar-refractivity contribution in [3.05, 3.63) is 0 Å². The quantitative estimate of drug-likeness (QED) is 0.289. The van der Waals surface area contributed by atoms with E-state index in [1.807, 2.05) is 14.1 Å². The number of carbonyl (C=O) groups is 3. The van der Waals surface area contributed by atoms with E-state index in [-0.39, 0.29) is 46.8 Å². The number of Topliss-reactive ketones (excluding diaryl/α,β-unsaturated/α-hetero) is 2. The number of ether oxygens (including phenoxy) is 1. The van der Waals surface area contributed by atoms with Gasteiger partial charge >= 0.3 is 0 Å². The first-order valence-corrected chi connectivity index (χ1v) is 17.8. The van der Waals surface area contributed by atoms with Gasteiger partial charge in [-0.3, -0.25) is 19.7 Å². The third-order valence-corrected chi connectivity index (χ3v) is 14.0. The standard InChI is InChI=1S/C36H59N3O4/c1-22-12-15-36(37-21-22)23(2)33-30(43-36)19-29-27-11-10-24-17-25(38-32(42)18-26(40)9-7-8-16-39(5)6)13-14-34(24,3)28(27)20-31(41)35(29,33)4/h22-25,27-30,33,37H,7-21H2,1-6H3,(H,38,42)/t22-,23+,24+,25-,27-,28+,29+,30+,33+,34+,35-,36-/m1/s1. The van der Waals surface area contributed by atoms with Gasteiger partial charge in [-0.15, -0.1) is 0 Å². The Morgan fingerprint density at radius 1 is 1.02 bits per heavy atom. The molecule has 0 aromatic carbocycles. The molecule has 6 aliphatic rings. The van der Waals surface area contributed by atoms with Crippen molar-refractivity contribution in [2.24, 2.45) is 52.3 Å². The molecule has 1 amide bonds. The number of unbranched alkanes of at least 4 members (excludes halogenated alkanes) is 1. The number of nitrogens with zero attached hydrogens (tertiary/aromatic N) is 1. The molecule has 0 aromatic heterocycles. The maximum Gasteiger partial charge on any atom is 0.227 e. The van der Waals surface area contributed by atoms with Crippen LogP contribution in [0.3, 0.4) is 0 Å². The van der Waals surface area contributed by atoms with E-state index < -0.39 is 0 Å². The Balaban J connectivity index is 1.07. The fraction of sp³-hybridized carbons (Fsp3) is 0.917. The summed E-state index contributed by atoms with van der Waals surface area (Å²) >= 11 is 0. The van der Waals surface area contributed by atoms with E-state index in [9.17, 15) is 14.4 Å². The van der Waals surface area contributed by atoms with Gasteiger partial charge in [0.15, 0.2) is 0 Å². The molecule has 7 heteroatoms. The van der Waals surface area contributed by atoms with Gasteiger partial charge in [0.05, 0.1) is 12.5 Å². The van der Waals surface area contributed by atoms with Crippen molar-refractivity contribution >= 4 is 17.5 Å². The summed E-state index contributed by atoms with van der Waals surface area (Å²) in [4.78, 5) is 41.7. The number of rotatable bonds is 8. The molecule has 0 aromatic rings. The molecule has 7 nitrogen and oxygen atoms in total. The number of piperidine rings is 1. The highest BCUT2D eigenvalue weighted by Crippen LogP contribution is 2.70. The maximum atomic E-state index is 14.4. The average Bonchev–Trinajstić information content (AvgIpc) is 3.40. The molecule has 1 spiro atoms. The van der Waals surface area contributed by atoms with Crippen LogP contribution in [0.1, 0.15) is 111 Å². The molecule has 2 saturated heterocycles. The molecular formula is C36H59N3O4. The van der Waals surface area contributed by atoms with Crippen LogP contribution in [0.25, 0.3) is 0 Å². The van der Waals surface area contributed by atoms with Crippen LogP contribution in [0.15, 0.2) is 0 Å². The lowest BCUT2D eigenvalue weighted by Gasteiger charge is -2.60. The van der Waals surface area contributed by atoms with E-state index in [4.69, 9.17) is 4.74 Å². The van der Waals surface area contributed by atoms with Gasteiger partial charge in [-0.1, -0.05) is 27.7 Å². The van der Waals surface area contributed by atoms with Gasteiger partial charge in [-0.25, -0.2) is 0 Å². The average molecular weight is 598 g/mol. The van der Waals surface area contributed by atoms with Crippen LogP contribution >= 0.6 is 0 Å². The van der Waals surface area contributed by atoms with Crippen molar-refractivity contribution in [3.8, 4) is 0 Å². The van der Waals surface area contributed by atoms with Crippen molar-refractivity contribution in [2.45, 2.75) is 129 Å². The second-order valence-electron chi connectivity index (χ2n) is 16.7. The van der Waals surface area contributed by atoms with E-state index in [0.29, 0.717) is 53.6 Å². The summed E-state index contributed by atoms with van der Waals surface area (Å²) < 4.78 is 6.98. The summed E-state index contributed by atoms with van der Waals surface area (Å²) in [5, 5.41) is 7.05. The maximum absolute atomic E-state index is 14.4. The minimum Gasteiger partial charge on any atom is -0.357 e. The highest BCUT2D eigenvalue weighted by Gasteiger charge is 2.71. The predicted octanol–water partition coefficient (Wildman–Crippen LogP) is 5.36. The molecule has 2 aliphatic heterocycles. The summed E-state index contributed by atoms with van der Waals surface area (Å²) in [6.45, 7) is 11.5. The molecule has 0 bridgehead atoms. The lowest BCUT2D eigenvalue weighted by Crippen LogP contribution is -2.60. The number of amides is 1. The van der Waals surface area contributed by atoms with Crippen LogP contribution in [0.4, 0.5) is 0 Å². The smallest absolute Gasteiger partial charge is 0.227 e. The molecule has 0 radical (unpaired) electrons. The summed E-state index contributed by atoms with van der Waals surface area (Å²) in [5.41, 5.74) is -0.362. The zero-order chi connectivity index (χ0) is 30.7. The molecule has 0 unspecified atom stereocenters. The van der Waals surface area contributed by atoms with Gasteiger partial charge in [-0.2, -0.15) is 0 Å². The Kier molecular flexibility index (Phi) is 8.69. The van der Waals surface area contributed by atoms with Crippen LogP contribution in [0.5, 0.6) is 0 Å². The van der Waals surface area contributed by atoms with E-state index in [1.54, 1.807) is 0 Å². The Bertz CT molecular complexity index is 1080. The Morgan fingerprint density at radius 3 is 2.53 bits per heavy atom. The molecule has 12 atom stereocenters. The van der Waals surface area contributed by atoms with Gasteiger partial charge in [0.1, 0.15) is 17.3 Å². The molecule has 6 rings (SSSR count). The van der Waals surface area contributed by atoms with Crippen LogP contribution < -0.4 is 10.6 Å². The Labute approximate surface area is 260 Å². The third kappa shape index (κ3) is 5.45.